The minimum atomic E-state index is -0.152. The van der Waals surface area contributed by atoms with Gasteiger partial charge in [-0.1, -0.05) is 0 Å². The average Bonchev–Trinajstić information content (AvgIpc) is 2.93. The van der Waals surface area contributed by atoms with E-state index < -0.39 is 0 Å². The van der Waals surface area contributed by atoms with Crippen molar-refractivity contribution in [2.24, 2.45) is 0 Å². The SMILES string of the molecule is CC(C)n1nc(C(=O)N[C@H]2C[C@H]3COC[C@@H](C2)N3)c2ccc(O)cc21. The predicted molar refractivity (Wildman–Crippen MR) is 93.8 cm³/mol. The molecule has 25 heavy (non-hydrogen) atoms. The summed E-state index contributed by atoms with van der Waals surface area (Å²) in [6.45, 7) is 5.42. The smallest absolute Gasteiger partial charge is 0.272 e. The number of carbonyl (C=O) groups excluding carboxylic acids is 1. The van der Waals surface area contributed by atoms with Crippen LogP contribution in [-0.2, 0) is 4.74 Å². The molecule has 0 spiro atoms. The van der Waals surface area contributed by atoms with E-state index in [1.807, 2.05) is 13.8 Å². The molecule has 1 aromatic heterocycles. The third-order valence-corrected chi connectivity index (χ3v) is 4.98. The van der Waals surface area contributed by atoms with E-state index in [2.05, 4.69) is 15.7 Å². The van der Waals surface area contributed by atoms with Crippen molar-refractivity contribution in [3.8, 4) is 5.75 Å². The molecule has 2 bridgehead atoms. The summed E-state index contributed by atoms with van der Waals surface area (Å²) in [5.74, 6) is 0.0217. The number of aromatic hydroxyl groups is 1. The van der Waals surface area contributed by atoms with Crippen LogP contribution in [0.2, 0.25) is 0 Å². The van der Waals surface area contributed by atoms with Crippen LogP contribution in [0, 0.1) is 0 Å². The second-order valence-corrected chi connectivity index (χ2v) is 7.33. The van der Waals surface area contributed by atoms with E-state index in [4.69, 9.17) is 4.74 Å². The van der Waals surface area contributed by atoms with Crippen molar-refractivity contribution >= 4 is 16.8 Å². The maximum absolute atomic E-state index is 12.9. The number of nitrogens with zero attached hydrogens (tertiary/aromatic N) is 2. The van der Waals surface area contributed by atoms with Crippen molar-refractivity contribution in [3.63, 3.8) is 0 Å². The number of amides is 1. The largest absolute Gasteiger partial charge is 0.508 e. The van der Waals surface area contributed by atoms with Crippen LogP contribution in [0.15, 0.2) is 18.2 Å². The maximum atomic E-state index is 12.9. The molecule has 2 saturated heterocycles. The van der Waals surface area contributed by atoms with E-state index in [1.54, 1.807) is 22.9 Å². The number of ether oxygens (including phenoxy) is 1. The third kappa shape index (κ3) is 3.09. The van der Waals surface area contributed by atoms with Crippen LogP contribution < -0.4 is 10.6 Å². The van der Waals surface area contributed by atoms with Gasteiger partial charge in [-0.2, -0.15) is 5.10 Å². The standard InChI is InChI=1S/C18H24N4O3/c1-10(2)22-16-7-14(23)3-4-15(16)17(21-22)18(24)20-11-5-12-8-25-9-13(6-11)19-12/h3-4,7,10-13,19,23H,5-6,8-9H2,1-2H3,(H,20,24)/t11-,12-,13+. The molecule has 0 radical (unpaired) electrons. The van der Waals surface area contributed by atoms with Crippen molar-refractivity contribution in [1.82, 2.24) is 20.4 Å². The summed E-state index contributed by atoms with van der Waals surface area (Å²) in [4.78, 5) is 12.9. The predicted octanol–water partition coefficient (Wildman–Crippen LogP) is 1.57. The first kappa shape index (κ1) is 16.4. The Morgan fingerprint density at radius 3 is 2.76 bits per heavy atom. The van der Waals surface area contributed by atoms with Gasteiger partial charge < -0.3 is 20.5 Å². The Labute approximate surface area is 146 Å². The molecule has 7 heteroatoms. The second kappa shape index (κ2) is 6.31. The number of aromatic nitrogens is 2. The molecule has 2 fully saturated rings. The molecule has 3 N–H and O–H groups in total. The average molecular weight is 344 g/mol. The highest BCUT2D eigenvalue weighted by Crippen LogP contribution is 2.26. The van der Waals surface area contributed by atoms with Crippen molar-refractivity contribution in [3.05, 3.63) is 23.9 Å². The molecule has 3 heterocycles. The lowest BCUT2D eigenvalue weighted by molar-refractivity contribution is 0.0148. The molecule has 7 nitrogen and oxygen atoms in total. The first-order chi connectivity index (χ1) is 12.0. The van der Waals surface area contributed by atoms with Gasteiger partial charge in [-0.25, -0.2) is 0 Å². The highest BCUT2D eigenvalue weighted by molar-refractivity contribution is 6.05. The Morgan fingerprint density at radius 1 is 1.36 bits per heavy atom. The lowest BCUT2D eigenvalue weighted by atomic mass is 9.92. The zero-order valence-corrected chi connectivity index (χ0v) is 14.5. The first-order valence-electron chi connectivity index (χ1n) is 8.87. The number of phenolic OH excluding ortho intramolecular Hbond substituents is 1. The summed E-state index contributed by atoms with van der Waals surface area (Å²) >= 11 is 0. The summed E-state index contributed by atoms with van der Waals surface area (Å²) in [6.07, 6.45) is 1.73. The van der Waals surface area contributed by atoms with E-state index in [-0.39, 0.29) is 23.7 Å². The van der Waals surface area contributed by atoms with Gasteiger partial charge in [-0.05, 0) is 38.8 Å². The number of benzene rings is 1. The highest BCUT2D eigenvalue weighted by Gasteiger charge is 2.33. The molecule has 1 aromatic carbocycles. The summed E-state index contributed by atoms with van der Waals surface area (Å²) < 4.78 is 7.35. The number of piperidine rings is 1. The number of carbonyl (C=O) groups is 1. The number of hydrogen-bond acceptors (Lipinski definition) is 5. The van der Waals surface area contributed by atoms with Crippen LogP contribution in [0.25, 0.3) is 10.9 Å². The van der Waals surface area contributed by atoms with Crippen LogP contribution in [0.4, 0.5) is 0 Å². The summed E-state index contributed by atoms with van der Waals surface area (Å²) in [7, 11) is 0. The normalized spacial score (nSPS) is 26.1. The van der Waals surface area contributed by atoms with E-state index >= 15 is 0 Å². The lowest BCUT2D eigenvalue weighted by Gasteiger charge is -2.40. The van der Waals surface area contributed by atoms with Crippen molar-refractivity contribution < 1.29 is 14.6 Å². The fourth-order valence-electron chi connectivity index (χ4n) is 3.90. The Kier molecular flexibility index (Phi) is 4.13. The monoisotopic (exact) mass is 344 g/mol. The van der Waals surface area contributed by atoms with Crippen LogP contribution in [0.5, 0.6) is 5.75 Å². The van der Waals surface area contributed by atoms with E-state index in [0.29, 0.717) is 31.0 Å². The number of rotatable bonds is 3. The summed E-state index contributed by atoms with van der Waals surface area (Å²) in [5, 5.41) is 21.7. The molecule has 0 saturated carbocycles. The fourth-order valence-corrected chi connectivity index (χ4v) is 3.90. The van der Waals surface area contributed by atoms with Gasteiger partial charge in [0.1, 0.15) is 5.75 Å². The van der Waals surface area contributed by atoms with Gasteiger partial charge in [0.25, 0.3) is 5.91 Å². The number of phenols is 1. The van der Waals surface area contributed by atoms with Crippen molar-refractivity contribution in [2.45, 2.75) is 50.9 Å². The molecule has 3 atom stereocenters. The molecule has 0 aliphatic carbocycles. The number of hydrogen-bond donors (Lipinski definition) is 3. The number of morpholine rings is 1. The van der Waals surface area contributed by atoms with Gasteiger partial charge in [0, 0.05) is 35.6 Å². The van der Waals surface area contributed by atoms with Crippen molar-refractivity contribution in [2.75, 3.05) is 13.2 Å². The van der Waals surface area contributed by atoms with Gasteiger partial charge >= 0.3 is 0 Å². The van der Waals surface area contributed by atoms with Gasteiger partial charge in [-0.3, -0.25) is 9.48 Å². The third-order valence-electron chi connectivity index (χ3n) is 4.98. The van der Waals surface area contributed by atoms with Crippen LogP contribution in [0.3, 0.4) is 0 Å². The Morgan fingerprint density at radius 2 is 2.08 bits per heavy atom. The molecule has 134 valence electrons. The molecule has 0 unspecified atom stereocenters. The zero-order chi connectivity index (χ0) is 17.6. The van der Waals surface area contributed by atoms with E-state index in [1.165, 1.54) is 0 Å². The van der Waals surface area contributed by atoms with Crippen LogP contribution >= 0.6 is 0 Å². The van der Waals surface area contributed by atoms with Gasteiger partial charge in [0.15, 0.2) is 5.69 Å². The van der Waals surface area contributed by atoms with Crippen LogP contribution in [-0.4, -0.2) is 52.1 Å². The number of nitrogens with one attached hydrogen (secondary N) is 2. The van der Waals surface area contributed by atoms with Gasteiger partial charge in [0.2, 0.25) is 0 Å². The van der Waals surface area contributed by atoms with Gasteiger partial charge in [-0.15, -0.1) is 0 Å². The molecule has 2 aromatic rings. The molecular formula is C18H24N4O3. The van der Waals surface area contributed by atoms with Crippen molar-refractivity contribution in [1.29, 1.82) is 0 Å². The molecular weight excluding hydrogens is 320 g/mol. The Bertz CT molecular complexity index is 789. The van der Waals surface area contributed by atoms with E-state index in [9.17, 15) is 9.90 Å². The Hall–Kier alpha value is -2.12. The summed E-state index contributed by atoms with van der Waals surface area (Å²) in [6, 6.07) is 5.85. The maximum Gasteiger partial charge on any atom is 0.272 e. The topological polar surface area (TPSA) is 88.4 Å². The minimum absolute atomic E-state index is 0.0984. The summed E-state index contributed by atoms with van der Waals surface area (Å²) in [5.41, 5.74) is 1.19. The quantitative estimate of drug-likeness (QED) is 0.787. The molecule has 2 aliphatic rings. The second-order valence-electron chi connectivity index (χ2n) is 7.33. The molecule has 2 aliphatic heterocycles. The van der Waals surface area contributed by atoms with Crippen LogP contribution in [0.1, 0.15) is 43.2 Å². The molecule has 1 amide bonds. The lowest BCUT2D eigenvalue weighted by Crippen LogP contribution is -2.58. The Balaban J connectivity index is 1.60. The number of fused-ring (bicyclic) bond motifs is 3. The minimum Gasteiger partial charge on any atom is -0.508 e. The highest BCUT2D eigenvalue weighted by atomic mass is 16.5. The van der Waals surface area contributed by atoms with E-state index in [0.717, 1.165) is 23.7 Å². The molecule has 4 rings (SSSR count). The zero-order valence-electron chi connectivity index (χ0n) is 14.5. The fraction of sp³-hybridized carbons (Fsp3) is 0.556. The van der Waals surface area contributed by atoms with Gasteiger partial charge in [0.05, 0.1) is 18.7 Å². The first-order valence-corrected chi connectivity index (χ1v) is 8.87.